The van der Waals surface area contributed by atoms with Crippen molar-refractivity contribution in [1.82, 2.24) is 0 Å². The van der Waals surface area contributed by atoms with E-state index in [2.05, 4.69) is 6.92 Å². The van der Waals surface area contributed by atoms with Crippen molar-refractivity contribution in [3.05, 3.63) is 29.8 Å². The van der Waals surface area contributed by atoms with Gasteiger partial charge >= 0.3 is 5.97 Å². The van der Waals surface area contributed by atoms with E-state index in [1.165, 1.54) is 57.1 Å². The number of carbonyl (C=O) groups excluding carboxylic acids is 1. The van der Waals surface area contributed by atoms with Gasteiger partial charge in [0.1, 0.15) is 6.61 Å². The minimum absolute atomic E-state index is 0.0640. The molecule has 0 saturated heterocycles. The van der Waals surface area contributed by atoms with Crippen LogP contribution in [0.1, 0.15) is 76.7 Å². The van der Waals surface area contributed by atoms with Gasteiger partial charge in [0.15, 0.2) is 0 Å². The molecule has 0 bridgehead atoms. The van der Waals surface area contributed by atoms with Crippen LogP contribution in [0.2, 0.25) is 0 Å². The lowest BCUT2D eigenvalue weighted by Gasteiger charge is -2.09. The van der Waals surface area contributed by atoms with Crippen LogP contribution >= 0.6 is 0 Å². The summed E-state index contributed by atoms with van der Waals surface area (Å²) in [7, 11) is -3.78. The highest BCUT2D eigenvalue weighted by Crippen LogP contribution is 2.13. The maximum Gasteiger partial charge on any atom is 0.305 e. The predicted molar refractivity (Wildman–Crippen MR) is 226 cm³/mol. The average Bonchev–Trinajstić information content (AvgIpc) is 3.24. The summed E-state index contributed by atoms with van der Waals surface area (Å²) in [5.74, 6) is -0.144. The summed E-state index contributed by atoms with van der Waals surface area (Å²) in [5, 5.41) is 0. The lowest BCUT2D eigenvalue weighted by atomic mass is 10.1. The Balaban J connectivity index is 1.66. The largest absolute Gasteiger partial charge is 0.463 e. The van der Waals surface area contributed by atoms with Crippen LogP contribution in [0.4, 0.5) is 0 Å². The third-order valence-corrected chi connectivity index (χ3v) is 9.80. The number of esters is 1. The van der Waals surface area contributed by atoms with Crippen molar-refractivity contribution < 1.29 is 74.2 Å². The third-order valence-electron chi connectivity index (χ3n) is 8.47. The van der Waals surface area contributed by atoms with Crippen molar-refractivity contribution in [2.75, 3.05) is 159 Å². The molecule has 0 aliphatic rings. The number of hydrogen-bond donors (Lipinski definition) is 0. The van der Waals surface area contributed by atoms with Gasteiger partial charge in [-0.05, 0) is 25.5 Å². The number of aryl methyl sites for hydroxylation is 1. The van der Waals surface area contributed by atoms with E-state index in [0.717, 1.165) is 18.4 Å². The van der Waals surface area contributed by atoms with Crippen LogP contribution in [-0.4, -0.2) is 173 Å². The van der Waals surface area contributed by atoms with Crippen LogP contribution in [-0.2, 0) is 75.9 Å². The van der Waals surface area contributed by atoms with Crippen LogP contribution in [0.5, 0.6) is 0 Å². The van der Waals surface area contributed by atoms with E-state index in [1.54, 1.807) is 12.1 Å². The molecule has 0 saturated carbocycles. The Morgan fingerprint density at radius 2 is 0.683 bits per heavy atom. The topological polar surface area (TPSA) is 171 Å². The zero-order chi connectivity index (χ0) is 43.3. The summed E-state index contributed by atoms with van der Waals surface area (Å²) in [6.07, 6.45) is 11.5. The molecule has 1 rings (SSSR count). The van der Waals surface area contributed by atoms with Crippen molar-refractivity contribution in [3.8, 4) is 0 Å². The van der Waals surface area contributed by atoms with E-state index < -0.39 is 10.1 Å². The monoisotopic (exact) mass is 883 g/mol. The lowest BCUT2D eigenvalue weighted by molar-refractivity contribution is -0.145. The summed E-state index contributed by atoms with van der Waals surface area (Å²) in [5.41, 5.74) is 0.972. The molecule has 17 heteroatoms. The number of unbranched alkanes of at least 4 members (excludes halogenated alkanes) is 8. The number of benzene rings is 1. The highest BCUT2D eigenvalue weighted by Gasteiger charge is 2.14. The first-order valence-corrected chi connectivity index (χ1v) is 23.3. The molecule has 0 aliphatic heterocycles. The molecule has 1 aromatic carbocycles. The van der Waals surface area contributed by atoms with Gasteiger partial charge in [-0.3, -0.25) is 8.98 Å². The van der Waals surface area contributed by atoms with Crippen LogP contribution in [0.25, 0.3) is 0 Å². The zero-order valence-electron chi connectivity index (χ0n) is 36.8. The number of ether oxygens (including phenoxy) is 12. The molecule has 0 N–H and O–H groups in total. The molecule has 0 spiro atoms. The van der Waals surface area contributed by atoms with Crippen LogP contribution < -0.4 is 0 Å². The van der Waals surface area contributed by atoms with Gasteiger partial charge in [0.05, 0.1) is 157 Å². The minimum Gasteiger partial charge on any atom is -0.463 e. The first-order chi connectivity index (χ1) is 29.5. The molecular formula is C43H78O16S. The normalized spacial score (nSPS) is 11.8. The van der Waals surface area contributed by atoms with Crippen molar-refractivity contribution in [3.63, 3.8) is 0 Å². The Hall–Kier alpha value is -1.84. The Labute approximate surface area is 360 Å². The van der Waals surface area contributed by atoms with Gasteiger partial charge in [0, 0.05) is 6.42 Å². The molecule has 0 unspecified atom stereocenters. The number of rotatable bonds is 48. The molecule has 0 aromatic heterocycles. The molecule has 352 valence electrons. The molecule has 16 nitrogen and oxygen atoms in total. The quantitative estimate of drug-likeness (QED) is 0.0466. The number of carbonyl (C=O) groups is 1. The van der Waals surface area contributed by atoms with E-state index in [4.69, 9.17) is 61.0 Å². The number of hydrogen-bond acceptors (Lipinski definition) is 16. The van der Waals surface area contributed by atoms with Gasteiger partial charge in [0.2, 0.25) is 0 Å². The minimum atomic E-state index is -3.78. The molecule has 0 aliphatic carbocycles. The summed E-state index contributed by atoms with van der Waals surface area (Å²) in [4.78, 5) is 11.9. The zero-order valence-corrected chi connectivity index (χ0v) is 37.6. The maximum absolute atomic E-state index is 12.1. The van der Waals surface area contributed by atoms with Crippen molar-refractivity contribution in [1.29, 1.82) is 0 Å². The first kappa shape index (κ1) is 56.2. The fraction of sp³-hybridized carbons (Fsp3) is 0.837. The average molecular weight is 883 g/mol. The lowest BCUT2D eigenvalue weighted by Crippen LogP contribution is -2.16. The van der Waals surface area contributed by atoms with Gasteiger partial charge in [0.25, 0.3) is 10.1 Å². The second kappa shape index (κ2) is 43.8. The maximum atomic E-state index is 12.1. The Kier molecular flexibility index (Phi) is 41.0. The summed E-state index contributed by atoms with van der Waals surface area (Å²) >= 11 is 0. The Morgan fingerprint density at radius 3 is 1.02 bits per heavy atom. The van der Waals surface area contributed by atoms with Gasteiger partial charge in [-0.15, -0.1) is 0 Å². The van der Waals surface area contributed by atoms with Crippen molar-refractivity contribution >= 4 is 16.1 Å². The predicted octanol–water partition coefficient (Wildman–Crippen LogP) is 5.35. The van der Waals surface area contributed by atoms with Gasteiger partial charge in [-0.2, -0.15) is 8.42 Å². The van der Waals surface area contributed by atoms with Crippen LogP contribution in [0, 0.1) is 6.92 Å². The van der Waals surface area contributed by atoms with E-state index in [-0.39, 0.29) is 30.7 Å². The van der Waals surface area contributed by atoms with E-state index >= 15 is 0 Å². The molecule has 1 aromatic rings. The SMILES string of the molecule is CCCCCCCCCCCC(=O)OCCOCCOCCOCCOCCOCCOCCOCCOCCOCCOCCOCCOS(=O)(=O)c1ccc(C)cc1. The van der Waals surface area contributed by atoms with Crippen LogP contribution in [0.15, 0.2) is 29.2 Å². The summed E-state index contributed by atoms with van der Waals surface area (Å²) < 4.78 is 94.5. The first-order valence-electron chi connectivity index (χ1n) is 21.9. The molecule has 60 heavy (non-hydrogen) atoms. The highest BCUT2D eigenvalue weighted by atomic mass is 32.2. The van der Waals surface area contributed by atoms with E-state index in [0.29, 0.717) is 145 Å². The second-order valence-electron chi connectivity index (χ2n) is 13.6. The Bertz CT molecular complexity index is 1160. The molecule has 0 radical (unpaired) electrons. The summed E-state index contributed by atoms with van der Waals surface area (Å²) in [6, 6.07) is 6.48. The standard InChI is InChI=1S/C43H78O16S/c1-3-4-5-6-7-8-9-10-11-12-43(44)58-39-37-56-35-33-54-31-29-52-27-25-50-23-21-48-19-17-47-18-20-49-22-24-51-26-28-53-30-32-55-34-36-57-38-40-59-60(45,46)42-15-13-41(2)14-16-42/h13-16H,3-12,17-40H2,1-2H3. The Morgan fingerprint density at radius 1 is 0.400 bits per heavy atom. The highest BCUT2D eigenvalue weighted by molar-refractivity contribution is 7.86. The second-order valence-corrected chi connectivity index (χ2v) is 15.2. The molecule has 0 atom stereocenters. The van der Waals surface area contributed by atoms with Gasteiger partial charge in [-0.25, -0.2) is 0 Å². The van der Waals surface area contributed by atoms with Crippen LogP contribution in [0.3, 0.4) is 0 Å². The summed E-state index contributed by atoms with van der Waals surface area (Å²) in [6.45, 7) is 13.9. The van der Waals surface area contributed by atoms with Crippen molar-refractivity contribution in [2.45, 2.75) is 83.0 Å². The van der Waals surface area contributed by atoms with Gasteiger partial charge in [-0.1, -0.05) is 76.0 Å². The molecule has 0 fully saturated rings. The fourth-order valence-corrected chi connectivity index (χ4v) is 6.04. The fourth-order valence-electron chi connectivity index (χ4n) is 5.14. The smallest absolute Gasteiger partial charge is 0.305 e. The van der Waals surface area contributed by atoms with E-state index in [1.807, 2.05) is 6.92 Å². The molecule has 0 amide bonds. The molecular weight excluding hydrogens is 805 g/mol. The third kappa shape index (κ3) is 39.0. The van der Waals surface area contributed by atoms with Gasteiger partial charge < -0.3 is 56.8 Å². The van der Waals surface area contributed by atoms with Crippen molar-refractivity contribution in [2.24, 2.45) is 0 Å². The molecule has 0 heterocycles. The van der Waals surface area contributed by atoms with E-state index in [9.17, 15) is 13.2 Å².